The maximum atomic E-state index is 12.2. The molecule has 1 amide bonds. The van der Waals surface area contributed by atoms with Crippen LogP contribution in [0.25, 0.3) is 6.08 Å². The van der Waals surface area contributed by atoms with Crippen molar-refractivity contribution >= 4 is 45.8 Å². The van der Waals surface area contributed by atoms with Crippen LogP contribution >= 0.6 is 15.9 Å². The number of rotatable bonds is 7. The SMILES string of the molecule is O=C(/C=C/c1ccccc1)Oc1ccc([N+](=O)[O-])cc1/C=N/NC(=O)c1ccc(Br)cc1. The second-order valence-electron chi connectivity index (χ2n) is 6.35. The molecule has 0 fully saturated rings. The average Bonchev–Trinajstić information content (AvgIpc) is 2.79. The fourth-order valence-corrected chi connectivity index (χ4v) is 2.80. The molecule has 32 heavy (non-hydrogen) atoms. The predicted octanol–water partition coefficient (Wildman–Crippen LogP) is 4.74. The molecule has 0 unspecified atom stereocenters. The number of carbonyl (C=O) groups excluding carboxylic acids is 2. The summed E-state index contributed by atoms with van der Waals surface area (Å²) < 4.78 is 6.12. The van der Waals surface area contributed by atoms with Gasteiger partial charge in [0.15, 0.2) is 0 Å². The first-order valence-electron chi connectivity index (χ1n) is 9.25. The molecule has 3 aromatic carbocycles. The van der Waals surface area contributed by atoms with E-state index in [1.165, 1.54) is 30.5 Å². The Balaban J connectivity index is 1.75. The first-order chi connectivity index (χ1) is 15.4. The number of nitro benzene ring substituents is 1. The van der Waals surface area contributed by atoms with Crippen molar-refractivity contribution in [3.05, 3.63) is 110 Å². The number of halogens is 1. The van der Waals surface area contributed by atoms with Crippen LogP contribution in [-0.4, -0.2) is 23.0 Å². The zero-order valence-electron chi connectivity index (χ0n) is 16.5. The van der Waals surface area contributed by atoms with Crippen molar-refractivity contribution in [3.63, 3.8) is 0 Å². The lowest BCUT2D eigenvalue weighted by atomic mass is 10.2. The second kappa shape index (κ2) is 10.8. The summed E-state index contributed by atoms with van der Waals surface area (Å²) in [6.45, 7) is 0. The third-order valence-corrected chi connectivity index (χ3v) is 4.63. The van der Waals surface area contributed by atoms with E-state index in [1.54, 1.807) is 30.3 Å². The van der Waals surface area contributed by atoms with E-state index < -0.39 is 16.8 Å². The van der Waals surface area contributed by atoms with E-state index in [-0.39, 0.29) is 17.0 Å². The van der Waals surface area contributed by atoms with Crippen LogP contribution in [0.2, 0.25) is 0 Å². The molecule has 1 N–H and O–H groups in total. The molecule has 0 aliphatic rings. The van der Waals surface area contributed by atoms with Gasteiger partial charge in [0.25, 0.3) is 11.6 Å². The quantitative estimate of drug-likeness (QED) is 0.127. The van der Waals surface area contributed by atoms with E-state index in [2.05, 4.69) is 26.5 Å². The molecule has 0 aliphatic carbocycles. The topological polar surface area (TPSA) is 111 Å². The third kappa shape index (κ3) is 6.44. The second-order valence-corrected chi connectivity index (χ2v) is 7.27. The van der Waals surface area contributed by atoms with E-state index in [9.17, 15) is 19.7 Å². The zero-order valence-corrected chi connectivity index (χ0v) is 18.1. The van der Waals surface area contributed by atoms with Crippen LogP contribution in [0.1, 0.15) is 21.5 Å². The molecular weight excluding hydrogens is 478 g/mol. The Bertz CT molecular complexity index is 1190. The van der Waals surface area contributed by atoms with Gasteiger partial charge in [-0.15, -0.1) is 0 Å². The number of nitro groups is 1. The molecule has 0 heterocycles. The van der Waals surface area contributed by atoms with Gasteiger partial charge in [0.2, 0.25) is 0 Å². The standard InChI is InChI=1S/C23H16BrN3O5/c24-19-9-7-17(8-10-19)23(29)26-25-15-18-14-20(27(30)31)11-12-21(18)32-22(28)13-6-16-4-2-1-3-5-16/h1-15H,(H,26,29)/b13-6+,25-15+. The Morgan fingerprint density at radius 1 is 1.03 bits per heavy atom. The number of nitrogens with one attached hydrogen (secondary N) is 1. The van der Waals surface area contributed by atoms with Gasteiger partial charge >= 0.3 is 5.97 Å². The minimum atomic E-state index is -0.670. The van der Waals surface area contributed by atoms with Crippen molar-refractivity contribution in [2.75, 3.05) is 0 Å². The molecule has 160 valence electrons. The molecule has 0 radical (unpaired) electrons. The van der Waals surface area contributed by atoms with Crippen molar-refractivity contribution in [3.8, 4) is 5.75 Å². The lowest BCUT2D eigenvalue weighted by molar-refractivity contribution is -0.384. The lowest BCUT2D eigenvalue weighted by Gasteiger charge is -2.06. The van der Waals surface area contributed by atoms with E-state index >= 15 is 0 Å². The van der Waals surface area contributed by atoms with E-state index in [4.69, 9.17) is 4.74 Å². The molecule has 0 saturated carbocycles. The Morgan fingerprint density at radius 2 is 1.75 bits per heavy atom. The predicted molar refractivity (Wildman–Crippen MR) is 123 cm³/mol. The van der Waals surface area contributed by atoms with Crippen LogP contribution in [-0.2, 0) is 4.79 Å². The van der Waals surface area contributed by atoms with E-state index in [0.717, 1.165) is 10.0 Å². The van der Waals surface area contributed by atoms with Crippen LogP contribution in [0, 0.1) is 10.1 Å². The first kappa shape index (κ1) is 22.6. The summed E-state index contributed by atoms with van der Waals surface area (Å²) in [6, 6.07) is 19.5. The molecule has 0 atom stereocenters. The van der Waals surface area contributed by atoms with Crippen molar-refractivity contribution in [1.82, 2.24) is 5.43 Å². The maximum absolute atomic E-state index is 12.2. The average molecular weight is 494 g/mol. The highest BCUT2D eigenvalue weighted by molar-refractivity contribution is 9.10. The van der Waals surface area contributed by atoms with Crippen LogP contribution < -0.4 is 10.2 Å². The molecule has 0 saturated heterocycles. The minimum absolute atomic E-state index is 0.0555. The highest BCUT2D eigenvalue weighted by Crippen LogP contribution is 2.23. The number of hydrogen-bond donors (Lipinski definition) is 1. The number of ether oxygens (including phenoxy) is 1. The Labute approximate surface area is 191 Å². The van der Waals surface area contributed by atoms with Crippen LogP contribution in [0.3, 0.4) is 0 Å². The van der Waals surface area contributed by atoms with Crippen LogP contribution in [0.4, 0.5) is 5.69 Å². The largest absolute Gasteiger partial charge is 0.423 e. The highest BCUT2D eigenvalue weighted by atomic mass is 79.9. The Hall–Kier alpha value is -4.11. The van der Waals surface area contributed by atoms with Crippen LogP contribution in [0.15, 0.2) is 88.4 Å². The summed E-state index contributed by atoms with van der Waals surface area (Å²) in [4.78, 5) is 34.9. The third-order valence-electron chi connectivity index (χ3n) is 4.10. The van der Waals surface area contributed by atoms with Gasteiger partial charge in [0, 0.05) is 33.8 Å². The van der Waals surface area contributed by atoms with Crippen molar-refractivity contribution < 1.29 is 19.2 Å². The van der Waals surface area contributed by atoms with Crippen LogP contribution in [0.5, 0.6) is 5.75 Å². The van der Waals surface area contributed by atoms with Gasteiger partial charge in [0.05, 0.1) is 11.1 Å². The van der Waals surface area contributed by atoms with E-state index in [1.807, 2.05) is 30.3 Å². The number of non-ortho nitro benzene ring substituents is 1. The lowest BCUT2D eigenvalue weighted by Crippen LogP contribution is -2.17. The highest BCUT2D eigenvalue weighted by Gasteiger charge is 2.13. The number of esters is 1. The molecular formula is C23H16BrN3O5. The molecule has 0 bridgehead atoms. The summed E-state index contributed by atoms with van der Waals surface area (Å²) in [5.74, 6) is -1.08. The number of hydrogen-bond acceptors (Lipinski definition) is 6. The van der Waals surface area contributed by atoms with Gasteiger partial charge < -0.3 is 4.74 Å². The monoisotopic (exact) mass is 493 g/mol. The van der Waals surface area contributed by atoms with Gasteiger partial charge in [-0.25, -0.2) is 10.2 Å². The van der Waals surface area contributed by atoms with E-state index in [0.29, 0.717) is 5.56 Å². The maximum Gasteiger partial charge on any atom is 0.336 e. The summed E-state index contributed by atoms with van der Waals surface area (Å²) in [5, 5.41) is 14.9. The summed E-state index contributed by atoms with van der Waals surface area (Å²) in [5.41, 5.74) is 3.45. The molecule has 3 rings (SSSR count). The minimum Gasteiger partial charge on any atom is -0.423 e. The number of hydrazone groups is 1. The van der Waals surface area contributed by atoms with Crippen molar-refractivity contribution in [1.29, 1.82) is 0 Å². The number of amides is 1. The Morgan fingerprint density at radius 3 is 2.44 bits per heavy atom. The number of carbonyl (C=O) groups is 2. The zero-order chi connectivity index (χ0) is 22.9. The first-order valence-corrected chi connectivity index (χ1v) is 10.0. The molecule has 0 aromatic heterocycles. The molecule has 0 spiro atoms. The summed E-state index contributed by atoms with van der Waals surface area (Å²) in [6.07, 6.45) is 4.00. The smallest absolute Gasteiger partial charge is 0.336 e. The van der Waals surface area contributed by atoms with Crippen molar-refractivity contribution in [2.45, 2.75) is 0 Å². The van der Waals surface area contributed by atoms with Gasteiger partial charge in [-0.3, -0.25) is 14.9 Å². The summed E-state index contributed by atoms with van der Waals surface area (Å²) in [7, 11) is 0. The molecule has 0 aliphatic heterocycles. The Kier molecular flexibility index (Phi) is 7.60. The summed E-state index contributed by atoms with van der Waals surface area (Å²) >= 11 is 3.29. The number of benzene rings is 3. The van der Waals surface area contributed by atoms with Crippen molar-refractivity contribution in [2.24, 2.45) is 5.10 Å². The fraction of sp³-hybridized carbons (Fsp3) is 0. The van der Waals surface area contributed by atoms with Gasteiger partial charge in [-0.05, 0) is 42.0 Å². The molecule has 3 aromatic rings. The fourth-order valence-electron chi connectivity index (χ4n) is 2.54. The van der Waals surface area contributed by atoms with Gasteiger partial charge in [0.1, 0.15) is 5.75 Å². The molecule has 8 nitrogen and oxygen atoms in total. The molecule has 9 heteroatoms. The van der Waals surface area contributed by atoms with Gasteiger partial charge in [-0.2, -0.15) is 5.10 Å². The normalized spacial score (nSPS) is 10.9. The number of nitrogens with zero attached hydrogens (tertiary/aromatic N) is 2. The van der Waals surface area contributed by atoms with Gasteiger partial charge in [-0.1, -0.05) is 46.3 Å².